The van der Waals surface area contributed by atoms with Crippen molar-refractivity contribution in [3.05, 3.63) is 22.2 Å². The summed E-state index contributed by atoms with van der Waals surface area (Å²) < 4.78 is 55.7. The lowest BCUT2D eigenvalue weighted by Crippen LogP contribution is -2.66. The molecule has 1 aromatic carbocycles. The first-order chi connectivity index (χ1) is 12.7. The zero-order valence-electron chi connectivity index (χ0n) is 13.9. The van der Waals surface area contributed by atoms with Gasteiger partial charge in [0.2, 0.25) is 0 Å². The molecule has 0 spiro atoms. The van der Waals surface area contributed by atoms with E-state index in [0.29, 0.717) is 32.8 Å². The largest absolute Gasteiger partial charge is 0.492 e. The standard InChI is InChI=1S/C15H16Cl2F3N3O4/c16-9-7-11-12(8-10(9)17)27-15(26-11,14(18,19)20)22-13(24)21-1-2-23-3-5-25-6-4-23/h7-8H,1-6H2,(H2,21,22,24). The van der Waals surface area contributed by atoms with Gasteiger partial charge in [0.1, 0.15) is 0 Å². The molecule has 0 saturated carbocycles. The van der Waals surface area contributed by atoms with E-state index in [4.69, 9.17) is 37.4 Å². The predicted octanol–water partition coefficient (Wildman–Crippen LogP) is 2.61. The van der Waals surface area contributed by atoms with Crippen molar-refractivity contribution < 1.29 is 32.2 Å². The van der Waals surface area contributed by atoms with Crippen LogP contribution in [0.4, 0.5) is 18.0 Å². The van der Waals surface area contributed by atoms with Gasteiger partial charge in [0.05, 0.1) is 23.3 Å². The molecule has 0 aliphatic carbocycles. The second kappa shape index (κ2) is 7.78. The third-order valence-electron chi connectivity index (χ3n) is 3.96. The number of hydrogen-bond acceptors (Lipinski definition) is 5. The molecule has 0 aromatic heterocycles. The van der Waals surface area contributed by atoms with Gasteiger partial charge >= 0.3 is 18.1 Å². The molecule has 7 nitrogen and oxygen atoms in total. The van der Waals surface area contributed by atoms with E-state index in [1.165, 1.54) is 0 Å². The Balaban J connectivity index is 1.63. The van der Waals surface area contributed by atoms with Crippen molar-refractivity contribution >= 4 is 29.2 Å². The number of amides is 2. The fourth-order valence-corrected chi connectivity index (χ4v) is 2.89. The Kier molecular flexibility index (Phi) is 5.80. The van der Waals surface area contributed by atoms with E-state index in [1.54, 1.807) is 5.32 Å². The second-order valence-corrected chi connectivity index (χ2v) is 6.68. The van der Waals surface area contributed by atoms with E-state index in [2.05, 4.69) is 5.32 Å². The first-order valence-electron chi connectivity index (χ1n) is 8.00. The average Bonchev–Trinajstić information content (AvgIpc) is 2.94. The Bertz CT molecular complexity index is 683. The molecule has 2 heterocycles. The molecule has 1 saturated heterocycles. The van der Waals surface area contributed by atoms with Crippen molar-refractivity contribution in [1.29, 1.82) is 0 Å². The number of halogens is 5. The van der Waals surface area contributed by atoms with Crippen LogP contribution in [-0.2, 0) is 4.74 Å². The van der Waals surface area contributed by atoms with E-state index in [9.17, 15) is 18.0 Å². The number of nitrogens with one attached hydrogen (secondary N) is 2. The lowest BCUT2D eigenvalue weighted by molar-refractivity contribution is -0.317. The zero-order chi connectivity index (χ0) is 19.7. The van der Waals surface area contributed by atoms with Gasteiger partial charge in [-0.2, -0.15) is 13.2 Å². The molecule has 3 rings (SSSR count). The van der Waals surface area contributed by atoms with Crippen LogP contribution in [0.5, 0.6) is 11.5 Å². The predicted molar refractivity (Wildman–Crippen MR) is 90.3 cm³/mol. The van der Waals surface area contributed by atoms with Gasteiger partial charge in [-0.1, -0.05) is 23.2 Å². The highest BCUT2D eigenvalue weighted by atomic mass is 35.5. The summed E-state index contributed by atoms with van der Waals surface area (Å²) >= 11 is 11.6. The Morgan fingerprint density at radius 3 is 2.22 bits per heavy atom. The molecule has 0 atom stereocenters. The number of morpholine rings is 1. The molecule has 2 aliphatic heterocycles. The number of ether oxygens (including phenoxy) is 3. The third kappa shape index (κ3) is 4.45. The summed E-state index contributed by atoms with van der Waals surface area (Å²) in [5.41, 5.74) is 0. The van der Waals surface area contributed by atoms with Crippen molar-refractivity contribution in [2.75, 3.05) is 39.4 Å². The molecule has 12 heteroatoms. The second-order valence-electron chi connectivity index (χ2n) is 5.87. The van der Waals surface area contributed by atoms with E-state index >= 15 is 0 Å². The first-order valence-corrected chi connectivity index (χ1v) is 8.76. The smallest absolute Gasteiger partial charge is 0.424 e. The number of hydrogen-bond donors (Lipinski definition) is 2. The molecular formula is C15H16Cl2F3N3O4. The monoisotopic (exact) mass is 429 g/mol. The number of fused-ring (bicyclic) bond motifs is 1. The van der Waals surface area contributed by atoms with Crippen LogP contribution in [0.2, 0.25) is 10.0 Å². The van der Waals surface area contributed by atoms with E-state index < -0.39 is 18.1 Å². The van der Waals surface area contributed by atoms with Crippen LogP contribution < -0.4 is 20.1 Å². The number of rotatable bonds is 4. The van der Waals surface area contributed by atoms with Crippen LogP contribution in [0.25, 0.3) is 0 Å². The summed E-state index contributed by atoms with van der Waals surface area (Å²) in [5.74, 6) is -3.93. The summed E-state index contributed by atoms with van der Waals surface area (Å²) in [7, 11) is 0. The normalized spacial score (nSPS) is 19.0. The summed E-state index contributed by atoms with van der Waals surface area (Å²) in [5, 5.41) is 4.05. The molecule has 2 amide bonds. The zero-order valence-corrected chi connectivity index (χ0v) is 15.4. The van der Waals surface area contributed by atoms with Crippen molar-refractivity contribution in [2.45, 2.75) is 12.1 Å². The minimum atomic E-state index is -5.06. The minimum absolute atomic E-state index is 0.00745. The van der Waals surface area contributed by atoms with E-state index in [0.717, 1.165) is 12.1 Å². The molecule has 1 aromatic rings. The van der Waals surface area contributed by atoms with Crippen LogP contribution >= 0.6 is 23.2 Å². The van der Waals surface area contributed by atoms with Gasteiger partial charge in [-0.15, -0.1) is 0 Å². The number of carbonyl (C=O) groups is 1. The highest BCUT2D eigenvalue weighted by Crippen LogP contribution is 2.47. The van der Waals surface area contributed by atoms with Gasteiger partial charge in [-0.3, -0.25) is 10.2 Å². The van der Waals surface area contributed by atoms with Crippen LogP contribution in [0, 0.1) is 0 Å². The molecule has 0 bridgehead atoms. The fraction of sp³-hybridized carbons (Fsp3) is 0.533. The summed E-state index contributed by atoms with van der Waals surface area (Å²) in [6, 6.07) is 1.08. The summed E-state index contributed by atoms with van der Waals surface area (Å²) in [6.07, 6.45) is -5.06. The maximum absolute atomic E-state index is 13.6. The van der Waals surface area contributed by atoms with Gasteiger partial charge in [0, 0.05) is 38.3 Å². The highest BCUT2D eigenvalue weighted by Gasteiger charge is 2.65. The number of carbonyl (C=O) groups excluding carboxylic acids is 1. The van der Waals surface area contributed by atoms with Crippen LogP contribution in [-0.4, -0.2) is 62.4 Å². The SMILES string of the molecule is O=C(NCCN1CCOCC1)NC1(C(F)(F)F)Oc2cc(Cl)c(Cl)cc2O1. The van der Waals surface area contributed by atoms with Crippen LogP contribution in [0.1, 0.15) is 0 Å². The molecule has 2 N–H and O–H groups in total. The maximum Gasteiger partial charge on any atom is 0.492 e. The molecule has 1 fully saturated rings. The number of alkyl halides is 3. The number of nitrogens with zero attached hydrogens (tertiary/aromatic N) is 1. The first kappa shape index (κ1) is 20.1. The highest BCUT2D eigenvalue weighted by molar-refractivity contribution is 6.42. The molecule has 27 heavy (non-hydrogen) atoms. The van der Waals surface area contributed by atoms with Crippen LogP contribution in [0.3, 0.4) is 0 Å². The number of urea groups is 1. The third-order valence-corrected chi connectivity index (χ3v) is 4.68. The Morgan fingerprint density at radius 1 is 1.15 bits per heavy atom. The minimum Gasteiger partial charge on any atom is -0.424 e. The fourth-order valence-electron chi connectivity index (χ4n) is 2.58. The molecule has 0 unspecified atom stereocenters. The van der Waals surface area contributed by atoms with Crippen molar-refractivity contribution in [2.24, 2.45) is 0 Å². The maximum atomic E-state index is 13.6. The molecule has 150 valence electrons. The molecule has 2 aliphatic rings. The summed E-state index contributed by atoms with van der Waals surface area (Å²) in [4.78, 5) is 14.0. The van der Waals surface area contributed by atoms with Gasteiger partial charge < -0.3 is 19.5 Å². The molecular weight excluding hydrogens is 414 g/mol. The van der Waals surface area contributed by atoms with Gasteiger partial charge in [-0.25, -0.2) is 4.79 Å². The van der Waals surface area contributed by atoms with Gasteiger partial charge in [-0.05, 0) is 0 Å². The Labute approximate surface area is 162 Å². The Morgan fingerprint density at radius 2 is 1.70 bits per heavy atom. The number of benzene rings is 1. The molecule has 0 radical (unpaired) electrons. The van der Waals surface area contributed by atoms with Gasteiger partial charge in [0.25, 0.3) is 0 Å². The lowest BCUT2D eigenvalue weighted by atomic mass is 10.3. The van der Waals surface area contributed by atoms with Gasteiger partial charge in [0.15, 0.2) is 11.5 Å². The lowest BCUT2D eigenvalue weighted by Gasteiger charge is -2.30. The van der Waals surface area contributed by atoms with Crippen molar-refractivity contribution in [3.63, 3.8) is 0 Å². The summed E-state index contributed by atoms with van der Waals surface area (Å²) in [6.45, 7) is 3.16. The van der Waals surface area contributed by atoms with Crippen molar-refractivity contribution in [3.8, 4) is 11.5 Å². The average molecular weight is 430 g/mol. The topological polar surface area (TPSA) is 72.1 Å². The van der Waals surface area contributed by atoms with Crippen molar-refractivity contribution in [1.82, 2.24) is 15.5 Å². The van der Waals surface area contributed by atoms with Crippen LogP contribution in [0.15, 0.2) is 12.1 Å². The Hall–Kier alpha value is -1.62. The van der Waals surface area contributed by atoms with E-state index in [-0.39, 0.29) is 28.1 Å². The van der Waals surface area contributed by atoms with E-state index in [1.807, 2.05) is 4.90 Å². The quantitative estimate of drug-likeness (QED) is 0.769.